The molecule has 1 saturated carbocycles. The van der Waals surface area contributed by atoms with Crippen LogP contribution in [0.2, 0.25) is 0 Å². The Balaban J connectivity index is 1.77. The molecule has 0 heterocycles. The zero-order chi connectivity index (χ0) is 21.2. The average Bonchev–Trinajstić information content (AvgIpc) is 3.23. The molecule has 0 saturated heterocycles. The van der Waals surface area contributed by atoms with Crippen LogP contribution in [-0.2, 0) is 0 Å². The Morgan fingerprint density at radius 2 is 2.00 bits per heavy atom. The fourth-order valence-electron chi connectivity index (χ4n) is 5.01. The second-order valence-electron chi connectivity index (χ2n) is 9.06. The second kappa shape index (κ2) is 12.6. The Hall–Kier alpha value is -1.08. The molecule has 1 fully saturated rings. The van der Waals surface area contributed by atoms with E-state index in [9.17, 15) is 10.2 Å². The summed E-state index contributed by atoms with van der Waals surface area (Å²) in [6.45, 7) is 11.9. The third-order valence-electron chi connectivity index (χ3n) is 7.03. The summed E-state index contributed by atoms with van der Waals surface area (Å²) in [5, 5.41) is 20.9. The van der Waals surface area contributed by atoms with E-state index in [2.05, 4.69) is 42.7 Å². The molecule has 6 atom stereocenters. The van der Waals surface area contributed by atoms with Gasteiger partial charge in [-0.15, -0.1) is 11.8 Å². The van der Waals surface area contributed by atoms with Crippen molar-refractivity contribution in [3.8, 4) is 11.8 Å². The topological polar surface area (TPSA) is 43.7 Å². The third-order valence-corrected chi connectivity index (χ3v) is 7.03. The van der Waals surface area contributed by atoms with Gasteiger partial charge in [0.15, 0.2) is 0 Å². The molecule has 0 unspecified atom stereocenters. The van der Waals surface area contributed by atoms with Crippen LogP contribution in [0, 0.1) is 35.5 Å². The van der Waals surface area contributed by atoms with Gasteiger partial charge in [0, 0.05) is 12.3 Å². The van der Waals surface area contributed by atoms with Crippen molar-refractivity contribution in [2.75, 3.05) is 19.6 Å². The van der Waals surface area contributed by atoms with Crippen LogP contribution in [0.15, 0.2) is 23.8 Å². The molecule has 0 aromatic heterocycles. The normalized spacial score (nSPS) is 28.3. The molecular formula is C26H43NO2. The molecule has 3 heteroatoms. The Labute approximate surface area is 179 Å². The van der Waals surface area contributed by atoms with Gasteiger partial charge in [-0.2, -0.15) is 0 Å². The van der Waals surface area contributed by atoms with E-state index in [1.54, 1.807) is 5.57 Å². The van der Waals surface area contributed by atoms with E-state index in [1.165, 1.54) is 32.2 Å². The number of hydrogen-bond donors (Lipinski definition) is 2. The maximum atomic E-state index is 10.5. The maximum absolute atomic E-state index is 10.5. The fourth-order valence-corrected chi connectivity index (χ4v) is 5.01. The van der Waals surface area contributed by atoms with E-state index >= 15 is 0 Å². The molecule has 0 aliphatic heterocycles. The minimum atomic E-state index is -0.485. The van der Waals surface area contributed by atoms with Gasteiger partial charge < -0.3 is 15.1 Å². The van der Waals surface area contributed by atoms with E-state index in [0.717, 1.165) is 25.9 Å². The predicted octanol–water partition coefficient (Wildman–Crippen LogP) is 4.80. The molecule has 3 nitrogen and oxygen atoms in total. The van der Waals surface area contributed by atoms with Crippen LogP contribution >= 0.6 is 0 Å². The average molecular weight is 402 g/mol. The summed E-state index contributed by atoms with van der Waals surface area (Å²) < 4.78 is 0. The van der Waals surface area contributed by atoms with Gasteiger partial charge in [-0.1, -0.05) is 51.0 Å². The highest BCUT2D eigenvalue weighted by molar-refractivity contribution is 5.21. The van der Waals surface area contributed by atoms with Crippen LogP contribution in [0.1, 0.15) is 72.6 Å². The van der Waals surface area contributed by atoms with Crippen LogP contribution in [-0.4, -0.2) is 47.0 Å². The Bertz CT molecular complexity index is 596. The van der Waals surface area contributed by atoms with Crippen molar-refractivity contribution in [1.29, 1.82) is 0 Å². The number of unbranched alkanes of at least 4 members (excludes halogenated alkanes) is 2. The van der Waals surface area contributed by atoms with Crippen LogP contribution in [0.25, 0.3) is 0 Å². The molecule has 0 radical (unpaired) electrons. The first-order valence-corrected chi connectivity index (χ1v) is 11.9. The number of hydrogen-bond acceptors (Lipinski definition) is 3. The number of aliphatic hydroxyl groups excluding tert-OH is 2. The van der Waals surface area contributed by atoms with Crippen molar-refractivity contribution >= 4 is 0 Å². The lowest BCUT2D eigenvalue weighted by Crippen LogP contribution is -2.23. The molecule has 164 valence electrons. The van der Waals surface area contributed by atoms with Gasteiger partial charge >= 0.3 is 0 Å². The largest absolute Gasteiger partial charge is 0.392 e. The molecule has 2 aliphatic rings. The molecule has 2 rings (SSSR count). The van der Waals surface area contributed by atoms with Crippen LogP contribution < -0.4 is 0 Å². The van der Waals surface area contributed by atoms with Gasteiger partial charge in [0.05, 0.1) is 12.2 Å². The molecule has 0 spiro atoms. The summed E-state index contributed by atoms with van der Waals surface area (Å²) in [6, 6.07) is 0. The van der Waals surface area contributed by atoms with E-state index in [0.29, 0.717) is 18.3 Å². The third kappa shape index (κ3) is 7.28. The fraction of sp³-hybridized carbons (Fsp3) is 0.769. The second-order valence-corrected chi connectivity index (χ2v) is 9.06. The smallest absolute Gasteiger partial charge is 0.0755 e. The zero-order valence-corrected chi connectivity index (χ0v) is 19.1. The number of nitrogens with zero attached hydrogens (tertiary/aromatic N) is 1. The number of fused-ring (bicyclic) bond motifs is 1. The minimum absolute atomic E-state index is 0.127. The Morgan fingerprint density at radius 3 is 2.69 bits per heavy atom. The summed E-state index contributed by atoms with van der Waals surface area (Å²) in [6.07, 6.45) is 13.5. The number of aliphatic hydroxyl groups is 2. The summed E-state index contributed by atoms with van der Waals surface area (Å²) in [5.74, 6) is 7.28. The first-order chi connectivity index (χ1) is 14.0. The van der Waals surface area contributed by atoms with Crippen LogP contribution in [0.4, 0.5) is 0 Å². The molecular weight excluding hydrogens is 358 g/mol. The molecule has 0 aromatic rings. The number of rotatable bonds is 12. The molecule has 2 N–H and O–H groups in total. The Morgan fingerprint density at radius 1 is 1.24 bits per heavy atom. The van der Waals surface area contributed by atoms with E-state index in [1.807, 2.05) is 19.9 Å². The summed E-state index contributed by atoms with van der Waals surface area (Å²) >= 11 is 0. The highest BCUT2D eigenvalue weighted by Gasteiger charge is 2.43. The standard InChI is InChI=1S/C26H43NO2/c1-5-8-12-20(4)25(28)15-14-23-24-18-21(17-22(24)19-26(23)29)13-10-9-11-16-27(6-2)7-3/h14-15,17,20,22-26,28-29H,6-7,9-13,16,18-19H2,1-4H3/b15-14+/t20-,22+,23-,24+,25-,26-/m1/s1. The summed E-state index contributed by atoms with van der Waals surface area (Å²) in [7, 11) is 0. The van der Waals surface area contributed by atoms with Crippen molar-refractivity contribution in [2.45, 2.75) is 84.8 Å². The van der Waals surface area contributed by atoms with Crippen molar-refractivity contribution in [3.05, 3.63) is 23.8 Å². The highest BCUT2D eigenvalue weighted by atomic mass is 16.3. The first-order valence-electron chi connectivity index (χ1n) is 11.9. The van der Waals surface area contributed by atoms with Crippen molar-refractivity contribution in [1.82, 2.24) is 4.90 Å². The molecule has 0 aromatic carbocycles. The van der Waals surface area contributed by atoms with Crippen molar-refractivity contribution in [2.24, 2.45) is 23.7 Å². The van der Waals surface area contributed by atoms with E-state index in [4.69, 9.17) is 0 Å². The van der Waals surface area contributed by atoms with Gasteiger partial charge in [0.2, 0.25) is 0 Å². The predicted molar refractivity (Wildman–Crippen MR) is 122 cm³/mol. The van der Waals surface area contributed by atoms with Crippen LogP contribution in [0.3, 0.4) is 0 Å². The maximum Gasteiger partial charge on any atom is 0.0755 e. The first kappa shape index (κ1) is 24.2. The van der Waals surface area contributed by atoms with Gasteiger partial charge in [0.25, 0.3) is 0 Å². The van der Waals surface area contributed by atoms with E-state index in [-0.39, 0.29) is 17.9 Å². The molecule has 0 amide bonds. The van der Waals surface area contributed by atoms with Crippen LogP contribution in [0.5, 0.6) is 0 Å². The molecule has 29 heavy (non-hydrogen) atoms. The lowest BCUT2D eigenvalue weighted by molar-refractivity contribution is 0.137. The van der Waals surface area contributed by atoms with Gasteiger partial charge in [0.1, 0.15) is 0 Å². The van der Waals surface area contributed by atoms with Gasteiger partial charge in [-0.25, -0.2) is 0 Å². The summed E-state index contributed by atoms with van der Waals surface area (Å²) in [5.41, 5.74) is 1.60. The van der Waals surface area contributed by atoms with E-state index < -0.39 is 6.10 Å². The van der Waals surface area contributed by atoms with Crippen molar-refractivity contribution in [3.63, 3.8) is 0 Å². The Kier molecular flexibility index (Phi) is 10.5. The lowest BCUT2D eigenvalue weighted by Gasteiger charge is -2.20. The zero-order valence-electron chi connectivity index (χ0n) is 19.1. The monoisotopic (exact) mass is 401 g/mol. The quantitative estimate of drug-likeness (QED) is 0.280. The molecule has 0 bridgehead atoms. The SMILES string of the molecule is CC#CC[C@@H](C)[C@H](O)/C=C/[C@@H]1[C@H]2CC(CCCCCN(CC)CC)=C[C@H]2C[C@H]1O. The lowest BCUT2D eigenvalue weighted by atomic mass is 9.88. The number of allylic oxidation sites excluding steroid dienone is 2. The van der Waals surface area contributed by atoms with Gasteiger partial charge in [-0.05, 0) is 76.4 Å². The highest BCUT2D eigenvalue weighted by Crippen LogP contribution is 2.48. The van der Waals surface area contributed by atoms with Crippen molar-refractivity contribution < 1.29 is 10.2 Å². The summed E-state index contributed by atoms with van der Waals surface area (Å²) in [4.78, 5) is 2.50. The van der Waals surface area contributed by atoms with Gasteiger partial charge in [-0.3, -0.25) is 0 Å². The molecule has 2 aliphatic carbocycles. The minimum Gasteiger partial charge on any atom is -0.392 e.